The summed E-state index contributed by atoms with van der Waals surface area (Å²) >= 11 is 0. The molecular formula is C27H24F3N5O. The fourth-order valence-corrected chi connectivity index (χ4v) is 5.75. The summed E-state index contributed by atoms with van der Waals surface area (Å²) in [5.41, 5.74) is 4.85. The number of hydrogen-bond donors (Lipinski definition) is 0. The third-order valence-corrected chi connectivity index (χ3v) is 7.32. The van der Waals surface area contributed by atoms with Crippen molar-refractivity contribution in [2.75, 3.05) is 0 Å². The fourth-order valence-electron chi connectivity index (χ4n) is 5.75. The van der Waals surface area contributed by atoms with Crippen molar-refractivity contribution in [2.24, 2.45) is 14.1 Å². The number of nitrogens with zero attached hydrogens (tertiary/aromatic N) is 5. The number of carbonyl (C=O) groups excluding carboxylic acids is 1. The molecular weight excluding hydrogens is 467 g/mol. The quantitative estimate of drug-likeness (QED) is 0.371. The van der Waals surface area contributed by atoms with E-state index in [2.05, 4.69) is 5.10 Å². The second-order valence-electron chi connectivity index (χ2n) is 9.59. The van der Waals surface area contributed by atoms with E-state index in [0.29, 0.717) is 17.7 Å². The Hall–Kier alpha value is -3.88. The number of amides is 1. The molecule has 6 rings (SSSR count). The molecule has 2 aliphatic rings. The number of aromatic nitrogens is 4. The van der Waals surface area contributed by atoms with Gasteiger partial charge < -0.3 is 4.90 Å². The van der Waals surface area contributed by atoms with Crippen LogP contribution in [-0.2, 0) is 20.5 Å². The van der Waals surface area contributed by atoms with E-state index in [-0.39, 0.29) is 23.6 Å². The molecule has 4 heterocycles. The number of halogens is 3. The van der Waals surface area contributed by atoms with Gasteiger partial charge in [-0.3, -0.25) is 14.2 Å². The Morgan fingerprint density at radius 2 is 1.78 bits per heavy atom. The first kappa shape index (κ1) is 22.6. The lowest BCUT2D eigenvalue weighted by Crippen LogP contribution is -2.49. The van der Waals surface area contributed by atoms with Crippen LogP contribution in [0.2, 0.25) is 0 Å². The largest absolute Gasteiger partial charge is 0.327 e. The van der Waals surface area contributed by atoms with Crippen molar-refractivity contribution >= 4 is 5.91 Å². The molecule has 9 heteroatoms. The maximum absolute atomic E-state index is 14.0. The molecule has 1 amide bonds. The zero-order valence-electron chi connectivity index (χ0n) is 19.9. The number of carbonyl (C=O) groups is 1. The standard InChI is InChI=1S/C27H24F3N5O/c1-33-14-18(13-31-33)15-5-3-6-16(9-15)27(36)35-19-7-4-8-23(35)25-20(12-19)26(34(2)32-25)17-10-21(28)24(30)22(29)11-17/h3,5-6,9-11,13-14,19,23H,4,7-8,12H2,1-2H3/t19-,23+/m0/s1. The molecule has 1 fully saturated rings. The molecule has 0 radical (unpaired) electrons. The molecule has 4 aromatic rings. The Kier molecular flexibility index (Phi) is 5.24. The van der Waals surface area contributed by atoms with Gasteiger partial charge in [0, 0.05) is 48.6 Å². The summed E-state index contributed by atoms with van der Waals surface area (Å²) in [5.74, 6) is -4.02. The van der Waals surface area contributed by atoms with Crippen molar-refractivity contribution in [1.82, 2.24) is 24.5 Å². The van der Waals surface area contributed by atoms with Gasteiger partial charge in [0.05, 0.1) is 23.6 Å². The van der Waals surface area contributed by atoms with Crippen LogP contribution in [0.4, 0.5) is 13.2 Å². The highest BCUT2D eigenvalue weighted by Crippen LogP contribution is 2.45. The lowest BCUT2D eigenvalue weighted by molar-refractivity contribution is 0.0392. The van der Waals surface area contributed by atoms with Gasteiger partial charge >= 0.3 is 0 Å². The summed E-state index contributed by atoms with van der Waals surface area (Å²) in [6.45, 7) is 0. The molecule has 2 aromatic heterocycles. The molecule has 2 aliphatic heterocycles. The fraction of sp³-hybridized carbons (Fsp3) is 0.296. The Morgan fingerprint density at radius 1 is 1.00 bits per heavy atom. The van der Waals surface area contributed by atoms with Gasteiger partial charge in [-0.2, -0.15) is 10.2 Å². The van der Waals surface area contributed by atoms with E-state index in [1.54, 1.807) is 22.6 Å². The molecule has 0 aliphatic carbocycles. The minimum absolute atomic E-state index is 0.0628. The number of aryl methyl sites for hydroxylation is 2. The van der Waals surface area contributed by atoms with E-state index < -0.39 is 17.5 Å². The van der Waals surface area contributed by atoms with Gasteiger partial charge in [-0.1, -0.05) is 12.1 Å². The highest BCUT2D eigenvalue weighted by Gasteiger charge is 2.43. The van der Waals surface area contributed by atoms with Crippen molar-refractivity contribution in [3.8, 4) is 22.4 Å². The van der Waals surface area contributed by atoms with Gasteiger partial charge in [0.1, 0.15) is 0 Å². The number of fused-ring (bicyclic) bond motifs is 4. The first-order chi connectivity index (χ1) is 17.3. The van der Waals surface area contributed by atoms with Crippen molar-refractivity contribution in [1.29, 1.82) is 0 Å². The monoisotopic (exact) mass is 491 g/mol. The van der Waals surface area contributed by atoms with E-state index in [9.17, 15) is 18.0 Å². The van der Waals surface area contributed by atoms with Crippen LogP contribution in [0.1, 0.15) is 46.9 Å². The van der Waals surface area contributed by atoms with Crippen LogP contribution in [0.3, 0.4) is 0 Å². The van der Waals surface area contributed by atoms with Gasteiger partial charge in [-0.25, -0.2) is 13.2 Å². The number of hydrogen-bond acceptors (Lipinski definition) is 3. The maximum atomic E-state index is 14.0. The minimum atomic E-state index is -1.49. The number of piperidine rings is 1. The summed E-state index contributed by atoms with van der Waals surface area (Å²) in [6, 6.07) is 9.24. The smallest absolute Gasteiger partial charge is 0.254 e. The second-order valence-corrected chi connectivity index (χ2v) is 9.59. The highest BCUT2D eigenvalue weighted by atomic mass is 19.2. The zero-order valence-corrected chi connectivity index (χ0v) is 19.9. The summed E-state index contributed by atoms with van der Waals surface area (Å²) in [5, 5.41) is 8.92. The van der Waals surface area contributed by atoms with E-state index >= 15 is 0 Å². The Balaban J connectivity index is 1.39. The van der Waals surface area contributed by atoms with Crippen molar-refractivity contribution in [2.45, 2.75) is 37.8 Å². The second kappa shape index (κ2) is 8.36. The molecule has 0 spiro atoms. The van der Waals surface area contributed by atoms with Gasteiger partial charge in [-0.05, 0) is 55.5 Å². The molecule has 2 atom stereocenters. The maximum Gasteiger partial charge on any atom is 0.254 e. The van der Waals surface area contributed by atoms with Crippen LogP contribution in [0.25, 0.3) is 22.4 Å². The number of rotatable bonds is 3. The lowest BCUT2D eigenvalue weighted by atomic mass is 9.81. The summed E-state index contributed by atoms with van der Waals surface area (Å²) < 4.78 is 45.0. The van der Waals surface area contributed by atoms with E-state index in [1.807, 2.05) is 42.4 Å². The summed E-state index contributed by atoms with van der Waals surface area (Å²) in [4.78, 5) is 15.8. The third-order valence-electron chi connectivity index (χ3n) is 7.32. The predicted octanol–water partition coefficient (Wildman–Crippen LogP) is 5.20. The van der Waals surface area contributed by atoms with Crippen LogP contribution >= 0.6 is 0 Å². The SMILES string of the molecule is Cn1cc(-c2cccc(C(=O)N3[C@H]4CCC[C@@H]3c3nn(C)c(-c5cc(F)c(F)c(F)c5)c3C4)c2)cn1. The summed E-state index contributed by atoms with van der Waals surface area (Å²) in [6.07, 6.45) is 6.72. The van der Waals surface area contributed by atoms with E-state index in [0.717, 1.165) is 53.8 Å². The average Bonchev–Trinajstić information content (AvgIpc) is 3.44. The van der Waals surface area contributed by atoms with Gasteiger partial charge in [0.15, 0.2) is 17.5 Å². The van der Waals surface area contributed by atoms with Gasteiger partial charge in [0.2, 0.25) is 0 Å². The molecule has 2 aromatic carbocycles. The topological polar surface area (TPSA) is 56.0 Å². The number of benzene rings is 2. The Labute approximate surface area is 206 Å². The van der Waals surface area contributed by atoms with Gasteiger partial charge in [-0.15, -0.1) is 0 Å². The van der Waals surface area contributed by atoms with Gasteiger partial charge in [0.25, 0.3) is 5.91 Å². The minimum Gasteiger partial charge on any atom is -0.327 e. The zero-order chi connectivity index (χ0) is 25.1. The molecule has 6 nitrogen and oxygen atoms in total. The summed E-state index contributed by atoms with van der Waals surface area (Å²) in [7, 11) is 3.56. The van der Waals surface area contributed by atoms with E-state index in [1.165, 1.54) is 0 Å². The first-order valence-corrected chi connectivity index (χ1v) is 11.9. The molecule has 0 saturated carbocycles. The van der Waals surface area contributed by atoms with Crippen molar-refractivity contribution in [3.63, 3.8) is 0 Å². The first-order valence-electron chi connectivity index (χ1n) is 11.9. The van der Waals surface area contributed by atoms with Crippen molar-refractivity contribution < 1.29 is 18.0 Å². The highest BCUT2D eigenvalue weighted by molar-refractivity contribution is 5.96. The van der Waals surface area contributed by atoms with Crippen LogP contribution in [0, 0.1) is 17.5 Å². The molecule has 0 N–H and O–H groups in total. The third kappa shape index (κ3) is 3.53. The Morgan fingerprint density at radius 3 is 2.50 bits per heavy atom. The average molecular weight is 492 g/mol. The molecule has 2 bridgehead atoms. The predicted molar refractivity (Wildman–Crippen MR) is 127 cm³/mol. The van der Waals surface area contributed by atoms with Crippen LogP contribution in [0.15, 0.2) is 48.8 Å². The molecule has 184 valence electrons. The van der Waals surface area contributed by atoms with E-state index in [4.69, 9.17) is 5.10 Å². The van der Waals surface area contributed by atoms with Crippen LogP contribution < -0.4 is 0 Å². The van der Waals surface area contributed by atoms with Crippen LogP contribution in [-0.4, -0.2) is 36.4 Å². The lowest BCUT2D eigenvalue weighted by Gasteiger charge is -2.45. The molecule has 0 unspecified atom stereocenters. The Bertz CT molecular complexity index is 1480. The molecule has 36 heavy (non-hydrogen) atoms. The normalized spacial score (nSPS) is 18.9. The molecule has 1 saturated heterocycles. The van der Waals surface area contributed by atoms with Crippen LogP contribution in [0.5, 0.6) is 0 Å². The van der Waals surface area contributed by atoms with Crippen molar-refractivity contribution in [3.05, 3.63) is 83.1 Å².